The Morgan fingerprint density at radius 2 is 1.83 bits per heavy atom. The lowest BCUT2D eigenvalue weighted by atomic mass is 9.95. The van der Waals surface area contributed by atoms with Crippen molar-refractivity contribution in [2.45, 2.75) is 64.1 Å². The Hall–Kier alpha value is -1.99. The largest absolute Gasteiger partial charge is 0.496 e. The molecule has 2 fully saturated rings. The fraction of sp³-hybridized carbons (Fsp3) is 0.682. The highest BCUT2D eigenvalue weighted by Gasteiger charge is 2.30. The molecule has 1 aromatic heterocycles. The van der Waals surface area contributed by atoms with Crippen molar-refractivity contribution in [3.05, 3.63) is 35.7 Å². The van der Waals surface area contributed by atoms with E-state index in [0.717, 1.165) is 50.7 Å². The number of piperazine rings is 1. The summed E-state index contributed by atoms with van der Waals surface area (Å²) in [6.45, 7) is 7.40. The third-order valence-corrected chi connectivity index (χ3v) is 6.56. The molecule has 2 heterocycles. The number of ether oxygens (including phenoxy) is 1. The van der Waals surface area contributed by atoms with E-state index in [1.807, 2.05) is 12.1 Å². The van der Waals surface area contributed by atoms with Crippen LogP contribution in [0, 0.1) is 0 Å². The van der Waals surface area contributed by atoms with Crippen molar-refractivity contribution in [1.29, 1.82) is 0 Å². The first-order chi connectivity index (χ1) is 14.3. The molecular formula is C22H34N6O. The molecule has 0 N–H and O–H groups in total. The maximum absolute atomic E-state index is 5.52. The van der Waals surface area contributed by atoms with Gasteiger partial charge in [-0.05, 0) is 35.8 Å². The number of hydrogen-bond donors (Lipinski definition) is 0. The van der Waals surface area contributed by atoms with Crippen LogP contribution in [0.1, 0.15) is 68.9 Å². The zero-order valence-electron chi connectivity index (χ0n) is 17.8. The molecular weight excluding hydrogens is 364 g/mol. The van der Waals surface area contributed by atoms with Crippen LogP contribution in [-0.2, 0) is 6.54 Å². The van der Waals surface area contributed by atoms with Gasteiger partial charge >= 0.3 is 0 Å². The summed E-state index contributed by atoms with van der Waals surface area (Å²) in [7, 11) is 1.75. The summed E-state index contributed by atoms with van der Waals surface area (Å²) in [5.74, 6) is 2.05. The molecule has 1 atom stereocenters. The van der Waals surface area contributed by atoms with E-state index in [1.165, 1.54) is 37.7 Å². The molecule has 29 heavy (non-hydrogen) atoms. The molecule has 0 radical (unpaired) electrons. The number of aromatic nitrogens is 4. The lowest BCUT2D eigenvalue weighted by molar-refractivity contribution is 0.0822. The van der Waals surface area contributed by atoms with Crippen LogP contribution in [-0.4, -0.2) is 63.3 Å². The van der Waals surface area contributed by atoms with Crippen LogP contribution >= 0.6 is 0 Å². The Balaban J connectivity index is 1.39. The summed E-state index contributed by atoms with van der Waals surface area (Å²) in [5.41, 5.74) is 1.26. The minimum Gasteiger partial charge on any atom is -0.496 e. The molecule has 0 amide bonds. The summed E-state index contributed by atoms with van der Waals surface area (Å²) >= 11 is 0. The maximum Gasteiger partial charge on any atom is 0.168 e. The maximum atomic E-state index is 5.52. The minimum absolute atomic E-state index is 0.306. The van der Waals surface area contributed by atoms with Gasteiger partial charge in [0.1, 0.15) is 5.75 Å². The zero-order valence-corrected chi connectivity index (χ0v) is 17.8. The number of para-hydroxylation sites is 1. The van der Waals surface area contributed by atoms with Gasteiger partial charge < -0.3 is 4.74 Å². The van der Waals surface area contributed by atoms with Crippen LogP contribution in [0.25, 0.3) is 0 Å². The van der Waals surface area contributed by atoms with Gasteiger partial charge in [0.2, 0.25) is 0 Å². The highest BCUT2D eigenvalue weighted by molar-refractivity contribution is 5.33. The van der Waals surface area contributed by atoms with E-state index in [9.17, 15) is 0 Å². The van der Waals surface area contributed by atoms with Gasteiger partial charge in [-0.1, -0.05) is 44.4 Å². The number of benzene rings is 1. The molecule has 158 valence electrons. The second-order valence-electron chi connectivity index (χ2n) is 8.32. The predicted octanol–water partition coefficient (Wildman–Crippen LogP) is 3.46. The monoisotopic (exact) mass is 398 g/mol. The van der Waals surface area contributed by atoms with Crippen molar-refractivity contribution >= 4 is 0 Å². The smallest absolute Gasteiger partial charge is 0.168 e. The van der Waals surface area contributed by atoms with E-state index >= 15 is 0 Å². The first kappa shape index (κ1) is 20.3. The van der Waals surface area contributed by atoms with Crippen molar-refractivity contribution < 1.29 is 4.74 Å². The summed E-state index contributed by atoms with van der Waals surface area (Å²) in [5, 5.41) is 12.9. The summed E-state index contributed by atoms with van der Waals surface area (Å²) in [4.78, 5) is 5.09. The van der Waals surface area contributed by atoms with Gasteiger partial charge in [0, 0.05) is 38.3 Å². The third-order valence-electron chi connectivity index (χ3n) is 6.56. The van der Waals surface area contributed by atoms with Crippen molar-refractivity contribution in [3.8, 4) is 5.75 Å². The number of tetrazole rings is 1. The average Bonchev–Trinajstić information content (AvgIpc) is 3.26. The summed E-state index contributed by atoms with van der Waals surface area (Å²) in [6, 6.07) is 9.12. The van der Waals surface area contributed by atoms with Crippen LogP contribution in [0.4, 0.5) is 0 Å². The normalized spacial score (nSPS) is 20.6. The molecule has 7 nitrogen and oxygen atoms in total. The molecule has 1 saturated carbocycles. The minimum atomic E-state index is 0.306. The van der Waals surface area contributed by atoms with E-state index in [4.69, 9.17) is 4.74 Å². The fourth-order valence-electron chi connectivity index (χ4n) is 4.92. The summed E-state index contributed by atoms with van der Waals surface area (Å²) in [6.07, 6.45) is 7.39. The van der Waals surface area contributed by atoms with Crippen LogP contribution < -0.4 is 4.74 Å². The second-order valence-corrected chi connectivity index (χ2v) is 8.32. The SMILES string of the molecule is CC[C@@H](c1nnnn1C1CCCCC1)N1CCN(Cc2ccccc2OC)CC1. The molecule has 4 rings (SSSR count). The van der Waals surface area contributed by atoms with Crippen LogP contribution in [0.15, 0.2) is 24.3 Å². The fourth-order valence-corrected chi connectivity index (χ4v) is 4.92. The van der Waals surface area contributed by atoms with Gasteiger partial charge in [0.05, 0.1) is 19.2 Å². The van der Waals surface area contributed by atoms with Crippen LogP contribution in [0.3, 0.4) is 0 Å². The molecule has 0 spiro atoms. The van der Waals surface area contributed by atoms with Gasteiger partial charge in [0.25, 0.3) is 0 Å². The van der Waals surface area contributed by atoms with Gasteiger partial charge in [0.15, 0.2) is 5.82 Å². The van der Waals surface area contributed by atoms with Gasteiger partial charge in [-0.25, -0.2) is 4.68 Å². The molecule has 1 aromatic carbocycles. The van der Waals surface area contributed by atoms with E-state index in [0.29, 0.717) is 12.1 Å². The Bertz CT molecular complexity index is 764. The molecule has 0 unspecified atom stereocenters. The molecule has 1 aliphatic heterocycles. The third kappa shape index (κ3) is 4.61. The molecule has 2 aliphatic rings. The molecule has 7 heteroatoms. The molecule has 2 aromatic rings. The summed E-state index contributed by atoms with van der Waals surface area (Å²) < 4.78 is 7.67. The number of methoxy groups -OCH3 is 1. The van der Waals surface area contributed by atoms with E-state index in [1.54, 1.807) is 7.11 Å². The predicted molar refractivity (Wildman–Crippen MR) is 113 cm³/mol. The van der Waals surface area contributed by atoms with E-state index in [2.05, 4.69) is 49.1 Å². The zero-order chi connectivity index (χ0) is 20.1. The second kappa shape index (κ2) is 9.67. The topological polar surface area (TPSA) is 59.3 Å². The average molecular weight is 399 g/mol. The highest BCUT2D eigenvalue weighted by atomic mass is 16.5. The molecule has 0 bridgehead atoms. The Labute approximate surface area is 174 Å². The highest BCUT2D eigenvalue weighted by Crippen LogP contribution is 2.32. The van der Waals surface area contributed by atoms with Crippen molar-refractivity contribution in [2.24, 2.45) is 0 Å². The van der Waals surface area contributed by atoms with Gasteiger partial charge in [-0.15, -0.1) is 5.10 Å². The van der Waals surface area contributed by atoms with E-state index in [-0.39, 0.29) is 0 Å². The van der Waals surface area contributed by atoms with Crippen molar-refractivity contribution in [1.82, 2.24) is 30.0 Å². The van der Waals surface area contributed by atoms with Crippen LogP contribution in [0.5, 0.6) is 5.75 Å². The first-order valence-electron chi connectivity index (χ1n) is 11.2. The first-order valence-corrected chi connectivity index (χ1v) is 11.2. The van der Waals surface area contributed by atoms with Gasteiger partial charge in [-0.2, -0.15) is 0 Å². The molecule has 1 aliphatic carbocycles. The van der Waals surface area contributed by atoms with Crippen molar-refractivity contribution in [2.75, 3.05) is 33.3 Å². The number of rotatable bonds is 7. The lowest BCUT2D eigenvalue weighted by Crippen LogP contribution is -2.47. The number of nitrogens with zero attached hydrogens (tertiary/aromatic N) is 6. The number of hydrogen-bond acceptors (Lipinski definition) is 6. The Kier molecular flexibility index (Phi) is 6.77. The quantitative estimate of drug-likeness (QED) is 0.712. The Morgan fingerprint density at radius 3 is 2.55 bits per heavy atom. The van der Waals surface area contributed by atoms with Crippen LogP contribution in [0.2, 0.25) is 0 Å². The Morgan fingerprint density at radius 1 is 1.07 bits per heavy atom. The molecule has 1 saturated heterocycles. The van der Waals surface area contributed by atoms with E-state index < -0.39 is 0 Å². The van der Waals surface area contributed by atoms with Crippen molar-refractivity contribution in [3.63, 3.8) is 0 Å². The van der Waals surface area contributed by atoms with Gasteiger partial charge in [-0.3, -0.25) is 9.80 Å². The standard InChI is InChI=1S/C22H34N6O/c1-3-20(22-23-24-25-28(22)19-10-5-4-6-11-19)27-15-13-26(14-16-27)17-18-9-7-8-12-21(18)29-2/h7-9,12,19-20H,3-6,10-11,13-17H2,1-2H3/t20-/m0/s1. The lowest BCUT2D eigenvalue weighted by Gasteiger charge is -2.39.